The third-order valence-corrected chi connectivity index (χ3v) is 3.53. The van der Waals surface area contributed by atoms with Crippen LogP contribution in [0, 0.1) is 5.92 Å². The molecule has 0 saturated heterocycles. The number of hydrogen-bond donors (Lipinski definition) is 0. The van der Waals surface area contributed by atoms with Gasteiger partial charge in [0.05, 0.1) is 0 Å². The third-order valence-electron chi connectivity index (χ3n) is 2.76. The minimum absolute atomic E-state index is 0. The fourth-order valence-electron chi connectivity index (χ4n) is 2.12. The van der Waals surface area contributed by atoms with E-state index in [-0.39, 0.29) is 24.8 Å². The van der Waals surface area contributed by atoms with Crippen LogP contribution >= 0.6 is 0 Å². The van der Waals surface area contributed by atoms with E-state index < -0.39 is 0 Å². The van der Waals surface area contributed by atoms with Crippen LogP contribution in [0.4, 0.5) is 0 Å². The summed E-state index contributed by atoms with van der Waals surface area (Å²) < 4.78 is 1.53. The molecular formula is C13H15Cl2Ti. The summed E-state index contributed by atoms with van der Waals surface area (Å²) in [5.41, 5.74) is 2.95. The molecule has 0 nitrogen and oxygen atoms in total. The molecule has 1 aliphatic carbocycles. The predicted molar refractivity (Wildman–Crippen MR) is 56.6 cm³/mol. The molecular weight excluding hydrogens is 275 g/mol. The van der Waals surface area contributed by atoms with Gasteiger partial charge in [0.1, 0.15) is 0 Å². The number of benzene rings is 1. The zero-order chi connectivity index (χ0) is 10.1. The molecule has 1 aromatic rings. The second-order valence-corrected chi connectivity index (χ2v) is 5.31. The number of rotatable bonds is 2. The Morgan fingerprint density at radius 2 is 1.81 bits per heavy atom. The van der Waals surface area contributed by atoms with E-state index in [4.69, 9.17) is 0 Å². The molecule has 16 heavy (non-hydrogen) atoms. The van der Waals surface area contributed by atoms with Crippen molar-refractivity contribution in [1.82, 2.24) is 0 Å². The maximum atomic E-state index is 2.34. The quantitative estimate of drug-likeness (QED) is 0.539. The second-order valence-electron chi connectivity index (χ2n) is 4.41. The van der Waals surface area contributed by atoms with Crippen LogP contribution in [0.15, 0.2) is 28.1 Å². The van der Waals surface area contributed by atoms with E-state index in [0.717, 1.165) is 5.92 Å². The maximum absolute atomic E-state index is 2.34. The van der Waals surface area contributed by atoms with Gasteiger partial charge in [-0.3, -0.25) is 0 Å². The SMILES string of the molecule is CC(C)CC1[C]([Ti+2])=Cc2ccccc21.[Cl-].[Cl-]. The van der Waals surface area contributed by atoms with Crippen LogP contribution in [0.5, 0.6) is 0 Å². The predicted octanol–water partition coefficient (Wildman–Crippen LogP) is -2.27. The van der Waals surface area contributed by atoms with Gasteiger partial charge in [0, 0.05) is 0 Å². The van der Waals surface area contributed by atoms with Crippen LogP contribution in [0.1, 0.15) is 37.3 Å². The van der Waals surface area contributed by atoms with E-state index in [1.165, 1.54) is 21.4 Å². The van der Waals surface area contributed by atoms with E-state index in [0.29, 0.717) is 5.92 Å². The maximum Gasteiger partial charge on any atom is -1.00 e. The first kappa shape index (κ1) is 16.3. The van der Waals surface area contributed by atoms with Crippen LogP contribution < -0.4 is 24.8 Å². The van der Waals surface area contributed by atoms with Gasteiger partial charge in [-0.2, -0.15) is 0 Å². The molecule has 1 atom stereocenters. The van der Waals surface area contributed by atoms with Crippen molar-refractivity contribution in [3.63, 3.8) is 0 Å². The topological polar surface area (TPSA) is 0 Å². The number of fused-ring (bicyclic) bond motifs is 1. The van der Waals surface area contributed by atoms with Crippen molar-refractivity contribution in [2.24, 2.45) is 5.92 Å². The van der Waals surface area contributed by atoms with Gasteiger partial charge < -0.3 is 24.8 Å². The van der Waals surface area contributed by atoms with Crippen molar-refractivity contribution >= 4 is 6.08 Å². The normalized spacial score (nSPS) is 17.3. The molecule has 0 spiro atoms. The standard InChI is InChI=1S/C13H15.2ClH.Ti/c1-10(2)9-12-8-7-11-5-3-4-6-13(11)12;;;/h3-7,10,12H,9H2,1-2H3;2*1H;/q;;;+2/p-2. The van der Waals surface area contributed by atoms with Crippen molar-refractivity contribution in [2.45, 2.75) is 26.2 Å². The minimum Gasteiger partial charge on any atom is -1.00 e. The summed E-state index contributed by atoms with van der Waals surface area (Å²) in [4.78, 5) is 0. The van der Waals surface area contributed by atoms with Gasteiger partial charge in [0.25, 0.3) is 0 Å². The Morgan fingerprint density at radius 1 is 1.19 bits per heavy atom. The molecule has 0 saturated carbocycles. The minimum atomic E-state index is 0. The molecule has 2 rings (SSSR count). The Bertz CT molecular complexity index is 372. The summed E-state index contributed by atoms with van der Waals surface area (Å²) >= 11 is 2.26. The van der Waals surface area contributed by atoms with Gasteiger partial charge in [-0.05, 0) is 0 Å². The Hall–Kier alpha value is 0.254. The summed E-state index contributed by atoms with van der Waals surface area (Å²) in [6, 6.07) is 8.77. The molecule has 85 valence electrons. The summed E-state index contributed by atoms with van der Waals surface area (Å²) in [6.07, 6.45) is 3.61. The second kappa shape index (κ2) is 6.86. The van der Waals surface area contributed by atoms with Gasteiger partial charge in [-0.25, -0.2) is 0 Å². The van der Waals surface area contributed by atoms with Gasteiger partial charge in [0.2, 0.25) is 0 Å². The van der Waals surface area contributed by atoms with Crippen LogP contribution in [0.2, 0.25) is 0 Å². The summed E-state index contributed by atoms with van der Waals surface area (Å²) in [7, 11) is 0. The smallest absolute Gasteiger partial charge is 1.00 e. The number of halogens is 2. The summed E-state index contributed by atoms with van der Waals surface area (Å²) in [6.45, 7) is 4.60. The average molecular weight is 290 g/mol. The van der Waals surface area contributed by atoms with E-state index in [9.17, 15) is 0 Å². The molecule has 0 aromatic heterocycles. The van der Waals surface area contributed by atoms with Crippen molar-refractivity contribution in [3.05, 3.63) is 39.3 Å². The molecule has 1 aliphatic rings. The molecule has 0 N–H and O–H groups in total. The van der Waals surface area contributed by atoms with Crippen molar-refractivity contribution < 1.29 is 45.2 Å². The fraction of sp³-hybridized carbons (Fsp3) is 0.385. The van der Waals surface area contributed by atoms with Gasteiger partial charge in [-0.15, -0.1) is 0 Å². The number of hydrogen-bond acceptors (Lipinski definition) is 0. The van der Waals surface area contributed by atoms with Crippen LogP contribution in [0.25, 0.3) is 6.08 Å². The fourth-order valence-corrected chi connectivity index (χ4v) is 2.79. The molecule has 3 heteroatoms. The van der Waals surface area contributed by atoms with Crippen molar-refractivity contribution in [3.8, 4) is 0 Å². The van der Waals surface area contributed by atoms with E-state index >= 15 is 0 Å². The monoisotopic (exact) mass is 289 g/mol. The van der Waals surface area contributed by atoms with Crippen molar-refractivity contribution in [2.75, 3.05) is 0 Å². The zero-order valence-corrected chi connectivity index (χ0v) is 12.6. The van der Waals surface area contributed by atoms with Crippen LogP contribution in [0.3, 0.4) is 0 Å². The molecule has 0 aliphatic heterocycles. The van der Waals surface area contributed by atoms with Gasteiger partial charge in [-0.1, -0.05) is 0 Å². The van der Waals surface area contributed by atoms with E-state index in [1.807, 2.05) is 0 Å². The molecule has 1 aromatic carbocycles. The average Bonchev–Trinajstić information content (AvgIpc) is 2.43. The Morgan fingerprint density at radius 3 is 2.44 bits per heavy atom. The zero-order valence-electron chi connectivity index (χ0n) is 9.50. The van der Waals surface area contributed by atoms with E-state index in [1.54, 1.807) is 0 Å². The van der Waals surface area contributed by atoms with Crippen molar-refractivity contribution in [1.29, 1.82) is 0 Å². The van der Waals surface area contributed by atoms with Crippen LogP contribution in [-0.2, 0) is 20.4 Å². The summed E-state index contributed by atoms with van der Waals surface area (Å²) in [5.74, 6) is 1.45. The molecule has 0 amide bonds. The summed E-state index contributed by atoms with van der Waals surface area (Å²) in [5, 5.41) is 0. The molecule has 0 heterocycles. The molecule has 1 unspecified atom stereocenters. The number of allylic oxidation sites excluding steroid dienone is 1. The van der Waals surface area contributed by atoms with E-state index in [2.05, 4.69) is 64.6 Å². The Labute approximate surface area is 122 Å². The first-order chi connectivity index (χ1) is 6.68. The first-order valence-corrected chi connectivity index (χ1v) is 5.98. The Kier molecular flexibility index (Phi) is 6.97. The molecule has 0 radical (unpaired) electrons. The molecule has 0 fully saturated rings. The van der Waals surface area contributed by atoms with Crippen LogP contribution in [-0.4, -0.2) is 0 Å². The molecule has 0 bridgehead atoms. The Balaban J connectivity index is 0.00000112. The largest absolute Gasteiger partial charge is 1.00 e. The third kappa shape index (κ3) is 3.37. The first-order valence-electron chi connectivity index (χ1n) is 5.20. The van der Waals surface area contributed by atoms with Gasteiger partial charge >= 0.3 is 97.9 Å². The van der Waals surface area contributed by atoms with Gasteiger partial charge in [0.15, 0.2) is 0 Å².